The van der Waals surface area contributed by atoms with E-state index in [1.807, 2.05) is 37.3 Å². The molecular weight excluding hydrogens is 384 g/mol. The quantitative estimate of drug-likeness (QED) is 0.546. The molecule has 1 fully saturated rings. The summed E-state index contributed by atoms with van der Waals surface area (Å²) in [6.45, 7) is 1.94. The lowest BCUT2D eigenvalue weighted by Gasteiger charge is -2.27. The van der Waals surface area contributed by atoms with Gasteiger partial charge in [-0.3, -0.25) is 9.59 Å². The summed E-state index contributed by atoms with van der Waals surface area (Å²) >= 11 is 1.62. The smallest absolute Gasteiger partial charge is 0.308 e. The fourth-order valence-electron chi connectivity index (χ4n) is 3.63. The summed E-state index contributed by atoms with van der Waals surface area (Å²) in [5, 5.41) is 3.92. The number of carbonyl (C=O) groups is 2. The lowest BCUT2D eigenvalue weighted by atomic mass is 9.86. The number of amides is 1. The number of aromatic nitrogens is 1. The summed E-state index contributed by atoms with van der Waals surface area (Å²) in [7, 11) is 1.43. The van der Waals surface area contributed by atoms with E-state index in [9.17, 15) is 9.59 Å². The molecule has 5 nitrogen and oxygen atoms in total. The Balaban J connectivity index is 1.58. The first kappa shape index (κ1) is 21.4. The van der Waals surface area contributed by atoms with Crippen LogP contribution in [0, 0.1) is 12.8 Å². The second-order valence-electron chi connectivity index (χ2n) is 7.43. The van der Waals surface area contributed by atoms with Crippen molar-refractivity contribution in [1.82, 2.24) is 10.3 Å². The van der Waals surface area contributed by atoms with E-state index in [-0.39, 0.29) is 23.8 Å². The zero-order chi connectivity index (χ0) is 20.6. The van der Waals surface area contributed by atoms with Crippen molar-refractivity contribution in [1.29, 1.82) is 0 Å². The molecule has 0 radical (unpaired) electrons. The van der Waals surface area contributed by atoms with Gasteiger partial charge in [0.1, 0.15) is 5.03 Å². The van der Waals surface area contributed by atoms with Gasteiger partial charge >= 0.3 is 5.97 Å². The van der Waals surface area contributed by atoms with Crippen LogP contribution in [0.25, 0.3) is 0 Å². The van der Waals surface area contributed by atoms with E-state index in [1.54, 1.807) is 11.8 Å². The first-order valence-electron chi connectivity index (χ1n) is 10.1. The summed E-state index contributed by atoms with van der Waals surface area (Å²) in [5.74, 6) is 0.597. The van der Waals surface area contributed by atoms with Crippen molar-refractivity contribution >= 4 is 23.6 Å². The Morgan fingerprint density at radius 1 is 1.10 bits per heavy atom. The van der Waals surface area contributed by atoms with Crippen LogP contribution in [0.5, 0.6) is 0 Å². The van der Waals surface area contributed by atoms with Crippen LogP contribution in [0.1, 0.15) is 47.3 Å². The number of thioether (sulfide) groups is 1. The number of pyridine rings is 1. The molecule has 1 aliphatic rings. The van der Waals surface area contributed by atoms with Gasteiger partial charge in [-0.05, 0) is 56.7 Å². The third kappa shape index (κ3) is 6.07. The second kappa shape index (κ2) is 10.4. The minimum Gasteiger partial charge on any atom is -0.469 e. The van der Waals surface area contributed by atoms with Crippen molar-refractivity contribution in [2.24, 2.45) is 5.92 Å². The van der Waals surface area contributed by atoms with Gasteiger partial charge in [0.25, 0.3) is 5.91 Å². The molecule has 3 rings (SSSR count). The van der Waals surface area contributed by atoms with Gasteiger partial charge in [0.2, 0.25) is 0 Å². The molecule has 154 valence electrons. The van der Waals surface area contributed by atoms with Gasteiger partial charge < -0.3 is 10.1 Å². The molecule has 0 aliphatic heterocycles. The number of benzene rings is 1. The molecule has 0 atom stereocenters. The number of hydrogen-bond acceptors (Lipinski definition) is 5. The van der Waals surface area contributed by atoms with Gasteiger partial charge in [0.05, 0.1) is 18.6 Å². The monoisotopic (exact) mass is 412 g/mol. The fourth-order valence-corrected chi connectivity index (χ4v) is 4.69. The number of nitrogens with one attached hydrogen (secondary N) is 1. The van der Waals surface area contributed by atoms with Gasteiger partial charge in [-0.2, -0.15) is 0 Å². The lowest BCUT2D eigenvalue weighted by Crippen LogP contribution is -2.39. The maximum Gasteiger partial charge on any atom is 0.308 e. The van der Waals surface area contributed by atoms with Crippen molar-refractivity contribution in [2.75, 3.05) is 12.9 Å². The van der Waals surface area contributed by atoms with Gasteiger partial charge in [0, 0.05) is 17.5 Å². The SMILES string of the molecule is COC(=O)[C@H]1CC[C@@H](NC(=O)c2ccc(C)nc2SCCc2ccccc2)CC1. The minimum atomic E-state index is -0.144. The molecule has 1 amide bonds. The van der Waals surface area contributed by atoms with Crippen molar-refractivity contribution in [3.05, 3.63) is 59.3 Å². The molecule has 1 saturated carbocycles. The number of carbonyl (C=O) groups excluding carboxylic acids is 2. The predicted molar refractivity (Wildman–Crippen MR) is 115 cm³/mol. The summed E-state index contributed by atoms with van der Waals surface area (Å²) in [6.07, 6.45) is 4.02. The van der Waals surface area contributed by atoms with E-state index in [0.29, 0.717) is 5.56 Å². The number of ether oxygens (including phenoxy) is 1. The van der Waals surface area contributed by atoms with Crippen LogP contribution in [0.2, 0.25) is 0 Å². The van der Waals surface area contributed by atoms with E-state index in [0.717, 1.165) is 48.6 Å². The molecular formula is C23H28N2O3S. The molecule has 1 aromatic carbocycles. The van der Waals surface area contributed by atoms with E-state index in [1.165, 1.54) is 12.7 Å². The number of nitrogens with zero attached hydrogens (tertiary/aromatic N) is 1. The molecule has 1 aliphatic carbocycles. The van der Waals surface area contributed by atoms with Gasteiger partial charge in [-0.25, -0.2) is 4.98 Å². The maximum atomic E-state index is 12.9. The zero-order valence-corrected chi connectivity index (χ0v) is 17.8. The standard InChI is InChI=1S/C23H28N2O3S/c1-16-8-13-20(22(24-16)29-15-14-17-6-4-3-5-7-17)21(26)25-19-11-9-18(10-12-19)23(27)28-2/h3-8,13,18-19H,9-12,14-15H2,1-2H3,(H,25,26)/t18-,19+. The Bertz CT molecular complexity index is 833. The topological polar surface area (TPSA) is 68.3 Å². The van der Waals surface area contributed by atoms with Crippen molar-refractivity contribution in [3.8, 4) is 0 Å². The van der Waals surface area contributed by atoms with Crippen LogP contribution in [0.4, 0.5) is 0 Å². The van der Waals surface area contributed by atoms with Crippen LogP contribution in [0.3, 0.4) is 0 Å². The van der Waals surface area contributed by atoms with Crippen molar-refractivity contribution < 1.29 is 14.3 Å². The molecule has 1 N–H and O–H groups in total. The highest BCUT2D eigenvalue weighted by molar-refractivity contribution is 7.99. The van der Waals surface area contributed by atoms with Crippen LogP contribution < -0.4 is 5.32 Å². The number of methoxy groups -OCH3 is 1. The maximum absolute atomic E-state index is 12.9. The van der Waals surface area contributed by atoms with E-state index in [2.05, 4.69) is 22.4 Å². The molecule has 0 spiro atoms. The molecule has 6 heteroatoms. The van der Waals surface area contributed by atoms with Crippen LogP contribution in [0.15, 0.2) is 47.5 Å². The molecule has 0 unspecified atom stereocenters. The number of esters is 1. The largest absolute Gasteiger partial charge is 0.469 e. The number of aryl methyl sites for hydroxylation is 2. The molecule has 29 heavy (non-hydrogen) atoms. The Morgan fingerprint density at radius 2 is 1.83 bits per heavy atom. The van der Waals surface area contributed by atoms with Crippen molar-refractivity contribution in [2.45, 2.75) is 50.1 Å². The molecule has 0 bridgehead atoms. The predicted octanol–water partition coefficient (Wildman–Crippen LogP) is 4.19. The summed E-state index contributed by atoms with van der Waals surface area (Å²) < 4.78 is 4.83. The highest BCUT2D eigenvalue weighted by atomic mass is 32.2. The van der Waals surface area contributed by atoms with Gasteiger partial charge in [-0.15, -0.1) is 11.8 Å². The molecule has 0 saturated heterocycles. The molecule has 2 aromatic rings. The van der Waals surface area contributed by atoms with E-state index < -0.39 is 0 Å². The van der Waals surface area contributed by atoms with Crippen LogP contribution in [-0.4, -0.2) is 35.8 Å². The Kier molecular flexibility index (Phi) is 7.69. The zero-order valence-electron chi connectivity index (χ0n) is 17.0. The minimum absolute atomic E-state index is 0.0432. The third-order valence-electron chi connectivity index (χ3n) is 5.31. The first-order chi connectivity index (χ1) is 14.1. The van der Waals surface area contributed by atoms with E-state index in [4.69, 9.17) is 4.74 Å². The second-order valence-corrected chi connectivity index (χ2v) is 8.52. The highest BCUT2D eigenvalue weighted by Gasteiger charge is 2.28. The van der Waals surface area contributed by atoms with E-state index >= 15 is 0 Å². The number of rotatable bonds is 7. The average molecular weight is 413 g/mol. The summed E-state index contributed by atoms with van der Waals surface area (Å²) in [6, 6.07) is 14.2. The third-order valence-corrected chi connectivity index (χ3v) is 6.31. The van der Waals surface area contributed by atoms with Gasteiger partial charge in [-0.1, -0.05) is 30.3 Å². The van der Waals surface area contributed by atoms with Crippen molar-refractivity contribution in [3.63, 3.8) is 0 Å². The van der Waals surface area contributed by atoms with Crippen LogP contribution >= 0.6 is 11.8 Å². The summed E-state index contributed by atoms with van der Waals surface area (Å²) in [5.41, 5.74) is 2.81. The Hall–Kier alpha value is -2.34. The Labute approximate surface area is 176 Å². The normalized spacial score (nSPS) is 18.8. The Morgan fingerprint density at radius 3 is 2.52 bits per heavy atom. The number of hydrogen-bond donors (Lipinski definition) is 1. The van der Waals surface area contributed by atoms with Gasteiger partial charge in [0.15, 0.2) is 0 Å². The molecule has 1 aromatic heterocycles. The van der Waals surface area contributed by atoms with Crippen LogP contribution in [-0.2, 0) is 16.0 Å². The lowest BCUT2D eigenvalue weighted by molar-refractivity contribution is -0.146. The summed E-state index contributed by atoms with van der Waals surface area (Å²) in [4.78, 5) is 29.2. The fraction of sp³-hybridized carbons (Fsp3) is 0.435. The highest BCUT2D eigenvalue weighted by Crippen LogP contribution is 2.27. The average Bonchev–Trinajstić information content (AvgIpc) is 2.74. The first-order valence-corrected chi connectivity index (χ1v) is 11.1. The molecule has 1 heterocycles.